The Morgan fingerprint density at radius 3 is 2.78 bits per heavy atom. The number of nitrogens with zero attached hydrogens (tertiary/aromatic N) is 3. The summed E-state index contributed by atoms with van der Waals surface area (Å²) in [5.41, 5.74) is 4.01. The second-order valence-electron chi connectivity index (χ2n) is 6.60. The molecule has 0 radical (unpaired) electrons. The number of halogens is 1. The van der Waals surface area contributed by atoms with Crippen LogP contribution in [0.1, 0.15) is 41.7 Å². The van der Waals surface area contributed by atoms with E-state index in [2.05, 4.69) is 33.9 Å². The Morgan fingerprint density at radius 2 is 2.04 bits per heavy atom. The first-order valence-corrected chi connectivity index (χ1v) is 8.68. The van der Waals surface area contributed by atoms with E-state index >= 15 is 0 Å². The monoisotopic (exact) mass is 331 g/mol. The van der Waals surface area contributed by atoms with Crippen molar-refractivity contribution in [3.63, 3.8) is 0 Å². The van der Waals surface area contributed by atoms with E-state index < -0.39 is 0 Å². The smallest absolute Gasteiger partial charge is 0.0952 e. The molecule has 2 aromatic rings. The summed E-state index contributed by atoms with van der Waals surface area (Å²) in [7, 11) is 2.06. The molecule has 1 aliphatic carbocycles. The Bertz CT molecular complexity index is 678. The molecule has 0 spiro atoms. The molecule has 5 heteroatoms. The van der Waals surface area contributed by atoms with Crippen LogP contribution in [-0.4, -0.2) is 34.4 Å². The molecule has 0 amide bonds. The molecular formula is C18H22ClN3O. The summed E-state index contributed by atoms with van der Waals surface area (Å²) in [4.78, 5) is 2.48. The lowest BCUT2D eigenvalue weighted by atomic mass is 10.1. The number of benzene rings is 1. The quantitative estimate of drug-likeness (QED) is 0.858. The lowest BCUT2D eigenvalue weighted by molar-refractivity contribution is -0.0330. The lowest BCUT2D eigenvalue weighted by Gasteiger charge is -2.33. The van der Waals surface area contributed by atoms with E-state index in [1.807, 2.05) is 18.3 Å². The second-order valence-corrected chi connectivity index (χ2v) is 7.04. The van der Waals surface area contributed by atoms with Gasteiger partial charge in [-0.1, -0.05) is 23.7 Å². The predicted octanol–water partition coefficient (Wildman–Crippen LogP) is 3.52. The van der Waals surface area contributed by atoms with Crippen LogP contribution in [0.5, 0.6) is 0 Å². The highest BCUT2D eigenvalue weighted by molar-refractivity contribution is 6.30. The maximum Gasteiger partial charge on any atom is 0.0952 e. The van der Waals surface area contributed by atoms with Gasteiger partial charge in [0.15, 0.2) is 0 Å². The van der Waals surface area contributed by atoms with Gasteiger partial charge in [0.25, 0.3) is 0 Å². The SMILES string of the molecule is Cn1ncc(CN2CCO[C@H](c3ccc(Cl)cc3)C2)c1C1CC1. The molecule has 1 saturated heterocycles. The van der Waals surface area contributed by atoms with E-state index in [-0.39, 0.29) is 6.10 Å². The fraction of sp³-hybridized carbons (Fsp3) is 0.500. The molecule has 1 aromatic heterocycles. The van der Waals surface area contributed by atoms with Crippen LogP contribution >= 0.6 is 11.6 Å². The summed E-state index contributed by atoms with van der Waals surface area (Å²) < 4.78 is 8.02. The average molecular weight is 332 g/mol. The topological polar surface area (TPSA) is 30.3 Å². The van der Waals surface area contributed by atoms with Crippen molar-refractivity contribution in [2.45, 2.75) is 31.4 Å². The molecule has 23 heavy (non-hydrogen) atoms. The molecule has 0 bridgehead atoms. The fourth-order valence-electron chi connectivity index (χ4n) is 3.46. The highest BCUT2D eigenvalue weighted by Crippen LogP contribution is 2.41. The Labute approximate surface area is 142 Å². The van der Waals surface area contributed by atoms with Crippen molar-refractivity contribution in [2.24, 2.45) is 7.05 Å². The maximum absolute atomic E-state index is 5.98. The minimum absolute atomic E-state index is 0.127. The molecule has 122 valence electrons. The summed E-state index contributed by atoms with van der Waals surface area (Å²) in [5.74, 6) is 0.727. The van der Waals surface area contributed by atoms with E-state index in [4.69, 9.17) is 16.3 Å². The maximum atomic E-state index is 5.98. The van der Waals surface area contributed by atoms with Crippen LogP contribution in [0.3, 0.4) is 0 Å². The van der Waals surface area contributed by atoms with Gasteiger partial charge < -0.3 is 4.74 Å². The molecular weight excluding hydrogens is 310 g/mol. The van der Waals surface area contributed by atoms with Crippen molar-refractivity contribution in [1.29, 1.82) is 0 Å². The zero-order valence-corrected chi connectivity index (χ0v) is 14.2. The van der Waals surface area contributed by atoms with Gasteiger partial charge in [-0.3, -0.25) is 9.58 Å². The molecule has 2 fully saturated rings. The molecule has 1 atom stereocenters. The molecule has 2 aliphatic rings. The average Bonchev–Trinajstić information content (AvgIpc) is 3.33. The van der Waals surface area contributed by atoms with E-state index in [0.717, 1.165) is 37.2 Å². The zero-order valence-electron chi connectivity index (χ0n) is 13.4. The number of hydrogen-bond donors (Lipinski definition) is 0. The number of rotatable bonds is 4. The fourth-order valence-corrected chi connectivity index (χ4v) is 3.59. The Morgan fingerprint density at radius 1 is 1.26 bits per heavy atom. The summed E-state index contributed by atoms with van der Waals surface area (Å²) in [6.07, 6.45) is 4.79. The van der Waals surface area contributed by atoms with Gasteiger partial charge in [-0.2, -0.15) is 5.10 Å². The van der Waals surface area contributed by atoms with Crippen molar-refractivity contribution in [1.82, 2.24) is 14.7 Å². The first kappa shape index (κ1) is 15.2. The van der Waals surface area contributed by atoms with Gasteiger partial charge >= 0.3 is 0 Å². The first-order chi connectivity index (χ1) is 11.2. The van der Waals surface area contributed by atoms with E-state index in [9.17, 15) is 0 Å². The molecule has 2 heterocycles. The van der Waals surface area contributed by atoms with Gasteiger partial charge in [0.1, 0.15) is 0 Å². The molecule has 1 saturated carbocycles. The van der Waals surface area contributed by atoms with Crippen molar-refractivity contribution in [2.75, 3.05) is 19.7 Å². The number of aromatic nitrogens is 2. The van der Waals surface area contributed by atoms with Gasteiger partial charge in [-0.15, -0.1) is 0 Å². The highest BCUT2D eigenvalue weighted by Gasteiger charge is 2.30. The van der Waals surface area contributed by atoms with Gasteiger partial charge in [-0.05, 0) is 30.5 Å². The normalized spacial score (nSPS) is 22.4. The first-order valence-electron chi connectivity index (χ1n) is 8.31. The van der Waals surface area contributed by atoms with Crippen LogP contribution in [0, 0.1) is 0 Å². The predicted molar refractivity (Wildman–Crippen MR) is 90.6 cm³/mol. The number of morpholine rings is 1. The lowest BCUT2D eigenvalue weighted by Crippen LogP contribution is -2.37. The Balaban J connectivity index is 1.46. The third kappa shape index (κ3) is 3.30. The molecule has 1 aromatic carbocycles. The molecule has 1 aliphatic heterocycles. The second kappa shape index (κ2) is 6.27. The molecule has 0 N–H and O–H groups in total. The summed E-state index contributed by atoms with van der Waals surface area (Å²) in [6, 6.07) is 8.00. The summed E-state index contributed by atoms with van der Waals surface area (Å²) in [6.45, 7) is 3.63. The van der Waals surface area contributed by atoms with Crippen LogP contribution < -0.4 is 0 Å². The standard InChI is InChI=1S/C18H22ClN3O/c1-21-18(14-2-3-14)15(10-20-21)11-22-8-9-23-17(12-22)13-4-6-16(19)7-5-13/h4-7,10,14,17H,2-3,8-9,11-12H2,1H3/t17-/m0/s1. The minimum Gasteiger partial charge on any atom is -0.371 e. The van der Waals surface area contributed by atoms with Crippen molar-refractivity contribution in [3.8, 4) is 0 Å². The van der Waals surface area contributed by atoms with Gasteiger partial charge in [-0.25, -0.2) is 0 Å². The zero-order chi connectivity index (χ0) is 15.8. The molecule has 4 nitrogen and oxygen atoms in total. The Hall–Kier alpha value is -1.36. The number of ether oxygens (including phenoxy) is 1. The largest absolute Gasteiger partial charge is 0.371 e. The highest BCUT2D eigenvalue weighted by atomic mass is 35.5. The van der Waals surface area contributed by atoms with Gasteiger partial charge in [0, 0.05) is 48.9 Å². The third-order valence-corrected chi connectivity index (χ3v) is 5.07. The van der Waals surface area contributed by atoms with E-state index in [1.165, 1.54) is 29.7 Å². The van der Waals surface area contributed by atoms with Crippen molar-refractivity contribution < 1.29 is 4.74 Å². The van der Waals surface area contributed by atoms with Crippen LogP contribution in [-0.2, 0) is 18.3 Å². The van der Waals surface area contributed by atoms with Crippen LogP contribution in [0.2, 0.25) is 5.02 Å². The van der Waals surface area contributed by atoms with E-state index in [0.29, 0.717) is 0 Å². The van der Waals surface area contributed by atoms with Gasteiger partial charge in [0.05, 0.1) is 18.9 Å². The Kier molecular flexibility index (Phi) is 4.14. The van der Waals surface area contributed by atoms with Crippen molar-refractivity contribution in [3.05, 3.63) is 52.3 Å². The summed E-state index contributed by atoms with van der Waals surface area (Å²) in [5, 5.41) is 5.24. The van der Waals surface area contributed by atoms with Gasteiger partial charge in [0.2, 0.25) is 0 Å². The molecule has 0 unspecified atom stereocenters. The van der Waals surface area contributed by atoms with E-state index in [1.54, 1.807) is 0 Å². The van der Waals surface area contributed by atoms with Crippen molar-refractivity contribution >= 4 is 11.6 Å². The molecule has 4 rings (SSSR count). The number of hydrogen-bond acceptors (Lipinski definition) is 3. The number of aryl methyl sites for hydroxylation is 1. The minimum atomic E-state index is 0.127. The van der Waals surface area contributed by atoms with Crippen LogP contribution in [0.25, 0.3) is 0 Å². The van der Waals surface area contributed by atoms with Crippen LogP contribution in [0.4, 0.5) is 0 Å². The summed E-state index contributed by atoms with van der Waals surface area (Å²) >= 11 is 5.98. The third-order valence-electron chi connectivity index (χ3n) is 4.81. The van der Waals surface area contributed by atoms with Crippen LogP contribution in [0.15, 0.2) is 30.5 Å².